The van der Waals surface area contributed by atoms with Gasteiger partial charge in [-0.15, -0.1) is 0 Å². The van der Waals surface area contributed by atoms with Gasteiger partial charge in [-0.2, -0.15) is 12.6 Å². The first kappa shape index (κ1) is 25.2. The highest BCUT2D eigenvalue weighted by Gasteiger charge is 2.13. The van der Waals surface area contributed by atoms with E-state index in [0.717, 1.165) is 31.1 Å². The Bertz CT molecular complexity index is 163. The predicted octanol–water partition coefficient (Wildman–Crippen LogP) is 3.69. The molecule has 0 amide bonds. The van der Waals surface area contributed by atoms with E-state index in [4.69, 9.17) is 4.74 Å². The third kappa shape index (κ3) is 14.6. The van der Waals surface area contributed by atoms with E-state index in [0.29, 0.717) is 11.4 Å². The van der Waals surface area contributed by atoms with Crippen molar-refractivity contribution in [1.29, 1.82) is 0 Å². The van der Waals surface area contributed by atoms with Gasteiger partial charge in [0.25, 0.3) is 0 Å². The van der Waals surface area contributed by atoms with Crippen molar-refractivity contribution in [3.05, 3.63) is 0 Å². The van der Waals surface area contributed by atoms with Crippen LogP contribution in [0.3, 0.4) is 0 Å². The first-order valence-electron chi connectivity index (χ1n) is 7.70. The highest BCUT2D eigenvalue weighted by atomic mass is 32.1. The lowest BCUT2D eigenvalue weighted by Crippen LogP contribution is -2.08. The molecular formula is C16H38O3S. The average Bonchev–Trinajstić information content (AvgIpc) is 2.39. The quantitative estimate of drug-likeness (QED) is 0.773. The van der Waals surface area contributed by atoms with Gasteiger partial charge in [-0.25, -0.2) is 0 Å². The van der Waals surface area contributed by atoms with Crippen LogP contribution in [0.4, 0.5) is 0 Å². The lowest BCUT2D eigenvalue weighted by atomic mass is 9.84. The lowest BCUT2D eigenvalue weighted by Gasteiger charge is -2.22. The van der Waals surface area contributed by atoms with Crippen LogP contribution in [-0.2, 0) is 4.74 Å². The third-order valence-electron chi connectivity index (χ3n) is 4.08. The zero-order valence-electron chi connectivity index (χ0n) is 14.1. The Morgan fingerprint density at radius 1 is 1.00 bits per heavy atom. The minimum Gasteiger partial charge on any atom is -0.412 e. The van der Waals surface area contributed by atoms with Crippen molar-refractivity contribution in [1.82, 2.24) is 0 Å². The summed E-state index contributed by atoms with van der Waals surface area (Å²) in [4.78, 5) is 0. The molecule has 0 aliphatic heterocycles. The molecule has 1 rings (SSSR count). The maximum absolute atomic E-state index is 5.11. The van der Waals surface area contributed by atoms with Crippen LogP contribution < -0.4 is 0 Å². The molecule has 0 aromatic heterocycles. The van der Waals surface area contributed by atoms with Gasteiger partial charge >= 0.3 is 0 Å². The van der Waals surface area contributed by atoms with Gasteiger partial charge in [-0.3, -0.25) is 0 Å². The van der Waals surface area contributed by atoms with E-state index < -0.39 is 0 Å². The largest absolute Gasteiger partial charge is 0.412 e. The van der Waals surface area contributed by atoms with Gasteiger partial charge in [-0.1, -0.05) is 46.5 Å². The number of methoxy groups -OCH3 is 1. The standard InChI is InChI=1S/C8H18OS.C8H16.2H2O/c1-4-8(10)6-5-7(2)9-3;1-7-3-5-8(2)6-4-7;;/h7-8,10H,4-6H2,1-3H3;7-8H,3-6H2,1-2H3;2*1H2. The molecule has 0 heterocycles. The molecule has 1 aliphatic carbocycles. The molecule has 0 bridgehead atoms. The van der Waals surface area contributed by atoms with Crippen LogP contribution in [0.15, 0.2) is 0 Å². The summed E-state index contributed by atoms with van der Waals surface area (Å²) in [7, 11) is 1.75. The Labute approximate surface area is 131 Å². The summed E-state index contributed by atoms with van der Waals surface area (Å²) in [6.07, 6.45) is 9.72. The van der Waals surface area contributed by atoms with E-state index in [1.54, 1.807) is 7.11 Å². The Morgan fingerprint density at radius 3 is 1.70 bits per heavy atom. The van der Waals surface area contributed by atoms with Crippen molar-refractivity contribution in [2.24, 2.45) is 11.8 Å². The van der Waals surface area contributed by atoms with Crippen LogP contribution in [0, 0.1) is 11.8 Å². The van der Waals surface area contributed by atoms with Gasteiger partial charge in [0.2, 0.25) is 0 Å². The van der Waals surface area contributed by atoms with Crippen molar-refractivity contribution in [3.8, 4) is 0 Å². The second-order valence-electron chi connectivity index (χ2n) is 6.05. The van der Waals surface area contributed by atoms with E-state index in [1.165, 1.54) is 25.7 Å². The minimum absolute atomic E-state index is 0. The van der Waals surface area contributed by atoms with E-state index in [-0.39, 0.29) is 11.0 Å². The summed E-state index contributed by atoms with van der Waals surface area (Å²) >= 11 is 4.39. The fraction of sp³-hybridized carbons (Fsp3) is 1.00. The van der Waals surface area contributed by atoms with Crippen molar-refractivity contribution in [2.75, 3.05) is 7.11 Å². The molecule has 0 saturated heterocycles. The summed E-state index contributed by atoms with van der Waals surface area (Å²) < 4.78 is 5.11. The monoisotopic (exact) mass is 310 g/mol. The van der Waals surface area contributed by atoms with Crippen molar-refractivity contribution >= 4 is 12.6 Å². The SMILES string of the molecule is CC1CCC(C)CC1.CCC(S)CCC(C)OC.O.O. The van der Waals surface area contributed by atoms with Crippen LogP contribution in [0.2, 0.25) is 0 Å². The molecule has 1 fully saturated rings. The highest BCUT2D eigenvalue weighted by molar-refractivity contribution is 7.80. The average molecular weight is 311 g/mol. The molecule has 3 nitrogen and oxygen atoms in total. The first-order chi connectivity index (χ1) is 8.49. The zero-order valence-corrected chi connectivity index (χ0v) is 15.0. The second-order valence-corrected chi connectivity index (χ2v) is 6.78. The Balaban J connectivity index is -0.000000266. The van der Waals surface area contributed by atoms with E-state index in [1.807, 2.05) is 0 Å². The summed E-state index contributed by atoms with van der Waals surface area (Å²) in [5.74, 6) is 2.04. The fourth-order valence-corrected chi connectivity index (χ4v) is 2.32. The highest BCUT2D eigenvalue weighted by Crippen LogP contribution is 2.27. The lowest BCUT2D eigenvalue weighted by molar-refractivity contribution is 0.109. The number of rotatable bonds is 5. The van der Waals surface area contributed by atoms with Gasteiger partial charge in [-0.05, 0) is 38.0 Å². The molecule has 20 heavy (non-hydrogen) atoms. The van der Waals surface area contributed by atoms with Crippen molar-refractivity contribution in [2.45, 2.75) is 84.0 Å². The molecule has 1 saturated carbocycles. The molecule has 0 aromatic rings. The van der Waals surface area contributed by atoms with Crippen molar-refractivity contribution in [3.63, 3.8) is 0 Å². The van der Waals surface area contributed by atoms with Crippen LogP contribution in [0.25, 0.3) is 0 Å². The van der Waals surface area contributed by atoms with E-state index >= 15 is 0 Å². The summed E-state index contributed by atoms with van der Waals surface area (Å²) in [5.41, 5.74) is 0. The van der Waals surface area contributed by atoms with Crippen molar-refractivity contribution < 1.29 is 15.7 Å². The number of hydrogen-bond donors (Lipinski definition) is 1. The number of hydrogen-bond acceptors (Lipinski definition) is 2. The minimum atomic E-state index is 0. The summed E-state index contributed by atoms with van der Waals surface area (Å²) in [5, 5.41) is 0.553. The normalized spacial score (nSPS) is 24.3. The van der Waals surface area contributed by atoms with Crippen LogP contribution in [-0.4, -0.2) is 29.4 Å². The topological polar surface area (TPSA) is 72.2 Å². The van der Waals surface area contributed by atoms with Gasteiger partial charge in [0.05, 0.1) is 6.10 Å². The van der Waals surface area contributed by atoms with E-state index in [2.05, 4.69) is 40.3 Å². The summed E-state index contributed by atoms with van der Waals surface area (Å²) in [6, 6.07) is 0. The predicted molar refractivity (Wildman–Crippen MR) is 92.8 cm³/mol. The smallest absolute Gasteiger partial charge is 0.0543 e. The molecule has 2 atom stereocenters. The van der Waals surface area contributed by atoms with Gasteiger partial charge < -0.3 is 15.7 Å². The van der Waals surface area contributed by atoms with Gasteiger partial charge in [0, 0.05) is 12.4 Å². The fourth-order valence-electron chi connectivity index (χ4n) is 2.18. The molecule has 0 spiro atoms. The number of thiol groups is 1. The molecular weight excluding hydrogens is 272 g/mol. The van der Waals surface area contributed by atoms with E-state index in [9.17, 15) is 0 Å². The molecule has 0 radical (unpaired) electrons. The molecule has 126 valence electrons. The third-order valence-corrected chi connectivity index (χ3v) is 4.71. The number of ether oxygens (including phenoxy) is 1. The Kier molecular flexibility index (Phi) is 19.7. The molecule has 0 aromatic carbocycles. The van der Waals surface area contributed by atoms with Gasteiger partial charge in [0.1, 0.15) is 0 Å². The Morgan fingerprint density at radius 2 is 1.40 bits per heavy atom. The molecule has 4 heteroatoms. The van der Waals surface area contributed by atoms with Crippen LogP contribution in [0.1, 0.15) is 72.6 Å². The molecule has 4 N–H and O–H groups in total. The molecule has 1 aliphatic rings. The second kappa shape index (κ2) is 15.6. The zero-order chi connectivity index (χ0) is 14.0. The summed E-state index contributed by atoms with van der Waals surface area (Å²) in [6.45, 7) is 8.99. The van der Waals surface area contributed by atoms with Crippen LogP contribution in [0.5, 0.6) is 0 Å². The molecule has 2 unspecified atom stereocenters. The maximum Gasteiger partial charge on any atom is 0.0543 e. The van der Waals surface area contributed by atoms with Gasteiger partial charge in [0.15, 0.2) is 0 Å². The Hall–Kier alpha value is 0.230. The first-order valence-corrected chi connectivity index (χ1v) is 8.22. The maximum atomic E-state index is 5.11. The van der Waals surface area contributed by atoms with Crippen LogP contribution >= 0.6 is 12.6 Å².